The number of amides is 1. The first kappa shape index (κ1) is 13.0. The van der Waals surface area contributed by atoms with Gasteiger partial charge in [0.25, 0.3) is 0 Å². The van der Waals surface area contributed by atoms with Crippen LogP contribution in [-0.4, -0.2) is 29.5 Å². The number of hydrogen-bond acceptors (Lipinski definition) is 5. The third kappa shape index (κ3) is 1.50. The first-order chi connectivity index (χ1) is 10.7. The molecule has 0 saturated heterocycles. The number of rotatable bonds is 2. The molecule has 2 aromatic carbocycles. The quantitative estimate of drug-likeness (QED) is 0.779. The lowest BCUT2D eigenvalue weighted by atomic mass is 9.75. The molecule has 0 aliphatic carbocycles. The number of phenolic OH excluding ortho intramolecular Hbond substituents is 1. The Morgan fingerprint density at radius 1 is 1.14 bits per heavy atom. The molecule has 1 atom stereocenters. The van der Waals surface area contributed by atoms with Crippen LogP contribution in [0.1, 0.15) is 11.1 Å². The molecule has 1 amide bonds. The van der Waals surface area contributed by atoms with E-state index in [0.29, 0.717) is 28.3 Å². The lowest BCUT2D eigenvalue weighted by Gasteiger charge is -2.26. The second kappa shape index (κ2) is 4.38. The van der Waals surface area contributed by atoms with Crippen LogP contribution in [-0.2, 0) is 10.2 Å². The topological polar surface area (TPSA) is 88.0 Å². The lowest BCUT2D eigenvalue weighted by molar-refractivity contribution is -0.120. The van der Waals surface area contributed by atoms with Crippen molar-refractivity contribution in [2.45, 2.75) is 5.41 Å². The van der Waals surface area contributed by atoms with Crippen molar-refractivity contribution in [1.82, 2.24) is 0 Å². The van der Waals surface area contributed by atoms with E-state index >= 15 is 0 Å². The Hall–Kier alpha value is -2.73. The maximum absolute atomic E-state index is 12.6. The van der Waals surface area contributed by atoms with Crippen molar-refractivity contribution in [2.75, 3.05) is 18.7 Å². The standard InChI is InChI=1S/C16H13NO5/c18-7-16(9-3-1-2-4-11(9)17-15(16)20)10-5-13-14(6-12(10)19)22-8-21-13/h1-6,18-19H,7-8H2,(H,17,20). The van der Waals surface area contributed by atoms with Crippen molar-refractivity contribution >= 4 is 11.6 Å². The predicted octanol–water partition coefficient (Wildman–Crippen LogP) is 1.35. The molecule has 0 bridgehead atoms. The zero-order valence-corrected chi connectivity index (χ0v) is 11.5. The van der Waals surface area contributed by atoms with Gasteiger partial charge in [0.15, 0.2) is 11.5 Å². The molecule has 22 heavy (non-hydrogen) atoms. The Balaban J connectivity index is 1.99. The molecular formula is C16H13NO5. The van der Waals surface area contributed by atoms with Crippen LogP contribution >= 0.6 is 0 Å². The smallest absolute Gasteiger partial charge is 0.242 e. The molecule has 0 radical (unpaired) electrons. The number of anilines is 1. The zero-order valence-electron chi connectivity index (χ0n) is 11.5. The van der Waals surface area contributed by atoms with E-state index in [-0.39, 0.29) is 18.4 Å². The van der Waals surface area contributed by atoms with Crippen LogP contribution < -0.4 is 14.8 Å². The summed E-state index contributed by atoms with van der Waals surface area (Å²) >= 11 is 0. The second-order valence-corrected chi connectivity index (χ2v) is 5.29. The molecule has 6 nitrogen and oxygen atoms in total. The summed E-state index contributed by atoms with van der Waals surface area (Å²) < 4.78 is 10.5. The van der Waals surface area contributed by atoms with Gasteiger partial charge in [0.2, 0.25) is 12.7 Å². The minimum Gasteiger partial charge on any atom is -0.507 e. The number of fused-ring (bicyclic) bond motifs is 2. The van der Waals surface area contributed by atoms with Crippen LogP contribution in [0.2, 0.25) is 0 Å². The van der Waals surface area contributed by atoms with Gasteiger partial charge in [-0.15, -0.1) is 0 Å². The molecule has 2 aliphatic rings. The normalized spacial score (nSPS) is 21.6. The number of aliphatic hydroxyl groups excluding tert-OH is 1. The summed E-state index contributed by atoms with van der Waals surface area (Å²) in [6.07, 6.45) is 0. The number of aliphatic hydroxyl groups is 1. The van der Waals surface area contributed by atoms with E-state index in [1.54, 1.807) is 30.3 Å². The van der Waals surface area contributed by atoms with Crippen LogP contribution in [0.5, 0.6) is 17.2 Å². The largest absolute Gasteiger partial charge is 0.507 e. The van der Waals surface area contributed by atoms with Gasteiger partial charge in [-0.3, -0.25) is 4.79 Å². The van der Waals surface area contributed by atoms with Crippen LogP contribution in [0.4, 0.5) is 5.69 Å². The van der Waals surface area contributed by atoms with E-state index in [2.05, 4.69) is 5.32 Å². The Morgan fingerprint density at radius 3 is 2.64 bits per heavy atom. The number of carbonyl (C=O) groups is 1. The highest BCUT2D eigenvalue weighted by Gasteiger charge is 2.50. The summed E-state index contributed by atoms with van der Waals surface area (Å²) in [5.41, 5.74) is 0.179. The molecule has 3 N–H and O–H groups in total. The van der Waals surface area contributed by atoms with Gasteiger partial charge in [-0.05, 0) is 17.7 Å². The molecule has 0 spiro atoms. The highest BCUT2D eigenvalue weighted by atomic mass is 16.7. The molecule has 2 heterocycles. The highest BCUT2D eigenvalue weighted by molar-refractivity contribution is 6.09. The number of ether oxygens (including phenoxy) is 2. The molecule has 2 aromatic rings. The molecule has 0 fully saturated rings. The number of carbonyl (C=O) groups excluding carboxylic acids is 1. The van der Waals surface area contributed by atoms with Crippen molar-refractivity contribution in [1.29, 1.82) is 0 Å². The summed E-state index contributed by atoms with van der Waals surface area (Å²) in [6, 6.07) is 10.1. The first-order valence-corrected chi connectivity index (χ1v) is 6.82. The Bertz CT molecular complexity index is 788. The molecule has 4 rings (SSSR count). The first-order valence-electron chi connectivity index (χ1n) is 6.82. The van der Waals surface area contributed by atoms with Crippen molar-refractivity contribution < 1.29 is 24.5 Å². The van der Waals surface area contributed by atoms with Crippen molar-refractivity contribution in [2.24, 2.45) is 0 Å². The summed E-state index contributed by atoms with van der Waals surface area (Å²) in [6.45, 7) is -0.407. The van der Waals surface area contributed by atoms with E-state index in [0.717, 1.165) is 0 Å². The average molecular weight is 299 g/mol. The fourth-order valence-corrected chi connectivity index (χ4v) is 3.10. The second-order valence-electron chi connectivity index (χ2n) is 5.29. The van der Waals surface area contributed by atoms with Gasteiger partial charge < -0.3 is 25.0 Å². The van der Waals surface area contributed by atoms with Crippen LogP contribution in [0, 0.1) is 0 Å². The van der Waals surface area contributed by atoms with Crippen LogP contribution in [0.25, 0.3) is 0 Å². The van der Waals surface area contributed by atoms with Gasteiger partial charge in [-0.2, -0.15) is 0 Å². The SMILES string of the molecule is O=C1Nc2ccccc2C1(CO)c1cc2c(cc1O)OCO2. The minimum atomic E-state index is -1.36. The molecule has 1 unspecified atom stereocenters. The molecule has 112 valence electrons. The van der Waals surface area contributed by atoms with E-state index in [1.165, 1.54) is 6.07 Å². The molecule has 0 saturated carbocycles. The Kier molecular flexibility index (Phi) is 2.58. The summed E-state index contributed by atoms with van der Waals surface area (Å²) in [5.74, 6) is 0.356. The summed E-state index contributed by atoms with van der Waals surface area (Å²) in [5, 5.41) is 23.1. The molecule has 2 aliphatic heterocycles. The number of aromatic hydroxyl groups is 1. The van der Waals surface area contributed by atoms with Crippen molar-refractivity contribution in [3.8, 4) is 17.2 Å². The van der Waals surface area contributed by atoms with Crippen LogP contribution in [0.15, 0.2) is 36.4 Å². The maximum atomic E-state index is 12.6. The van der Waals surface area contributed by atoms with E-state index in [1.807, 2.05) is 0 Å². The van der Waals surface area contributed by atoms with Crippen molar-refractivity contribution in [3.63, 3.8) is 0 Å². The number of hydrogen-bond donors (Lipinski definition) is 3. The van der Waals surface area contributed by atoms with Gasteiger partial charge in [0.05, 0.1) is 6.61 Å². The van der Waals surface area contributed by atoms with Gasteiger partial charge in [0, 0.05) is 17.3 Å². The molecule has 0 aromatic heterocycles. The fraction of sp³-hybridized carbons (Fsp3) is 0.188. The van der Waals surface area contributed by atoms with Crippen LogP contribution in [0.3, 0.4) is 0 Å². The Labute approximate surface area is 125 Å². The minimum absolute atomic E-state index is 0.0626. The summed E-state index contributed by atoms with van der Waals surface area (Å²) in [4.78, 5) is 12.6. The predicted molar refractivity (Wildman–Crippen MR) is 77.2 cm³/mol. The van der Waals surface area contributed by atoms with Gasteiger partial charge in [0.1, 0.15) is 11.2 Å². The fourth-order valence-electron chi connectivity index (χ4n) is 3.10. The number of benzene rings is 2. The molecular weight excluding hydrogens is 286 g/mol. The third-order valence-electron chi connectivity index (χ3n) is 4.21. The molecule has 6 heteroatoms. The average Bonchev–Trinajstić information content (AvgIpc) is 3.07. The van der Waals surface area contributed by atoms with Crippen molar-refractivity contribution in [3.05, 3.63) is 47.5 Å². The zero-order chi connectivity index (χ0) is 15.3. The third-order valence-corrected chi connectivity index (χ3v) is 4.21. The summed E-state index contributed by atoms with van der Waals surface area (Å²) in [7, 11) is 0. The van der Waals surface area contributed by atoms with Gasteiger partial charge in [-0.1, -0.05) is 18.2 Å². The van der Waals surface area contributed by atoms with E-state index < -0.39 is 12.0 Å². The van der Waals surface area contributed by atoms with Gasteiger partial charge in [-0.25, -0.2) is 0 Å². The lowest BCUT2D eigenvalue weighted by Crippen LogP contribution is -2.39. The maximum Gasteiger partial charge on any atom is 0.242 e. The number of nitrogens with one attached hydrogen (secondary N) is 1. The van der Waals surface area contributed by atoms with E-state index in [9.17, 15) is 15.0 Å². The number of para-hydroxylation sites is 1. The van der Waals surface area contributed by atoms with E-state index in [4.69, 9.17) is 9.47 Å². The highest BCUT2D eigenvalue weighted by Crippen LogP contribution is 2.49. The number of phenols is 1. The van der Waals surface area contributed by atoms with Gasteiger partial charge >= 0.3 is 0 Å². The monoisotopic (exact) mass is 299 g/mol. The Morgan fingerprint density at radius 2 is 1.86 bits per heavy atom.